The summed E-state index contributed by atoms with van der Waals surface area (Å²) in [7, 11) is 0. The molecule has 2 aliphatic rings. The molecule has 0 aliphatic carbocycles. The number of benzene rings is 2. The van der Waals surface area contributed by atoms with E-state index in [4.69, 9.17) is 13.9 Å². The first-order valence-corrected chi connectivity index (χ1v) is 13.8. The molecule has 1 atom stereocenters. The molecule has 1 aromatic heterocycles. The van der Waals surface area contributed by atoms with Crippen molar-refractivity contribution >= 4 is 28.8 Å². The van der Waals surface area contributed by atoms with E-state index in [9.17, 15) is 14.4 Å². The van der Waals surface area contributed by atoms with Crippen LogP contribution in [0.3, 0.4) is 0 Å². The molecule has 0 radical (unpaired) electrons. The lowest BCUT2D eigenvalue weighted by Gasteiger charge is -2.41. The summed E-state index contributed by atoms with van der Waals surface area (Å²) in [5.41, 5.74) is 3.81. The number of amides is 2. The predicted octanol–water partition coefficient (Wildman–Crippen LogP) is 5.24. The molecule has 3 aromatic rings. The van der Waals surface area contributed by atoms with Crippen LogP contribution < -0.4 is 10.5 Å². The third-order valence-corrected chi connectivity index (χ3v) is 7.55. The van der Waals surface area contributed by atoms with Crippen molar-refractivity contribution < 1.29 is 23.5 Å². The Morgan fingerprint density at radius 2 is 1.75 bits per heavy atom. The molecule has 9 heteroatoms. The Kier molecular flexibility index (Phi) is 7.49. The normalized spacial score (nSPS) is 17.5. The van der Waals surface area contributed by atoms with E-state index in [1.54, 1.807) is 9.80 Å². The van der Waals surface area contributed by atoms with Crippen LogP contribution in [0, 0.1) is 6.92 Å². The lowest BCUT2D eigenvalue weighted by molar-refractivity contribution is 0.0159. The molecule has 0 saturated carbocycles. The second-order valence-corrected chi connectivity index (χ2v) is 11.6. The second-order valence-electron chi connectivity index (χ2n) is 11.6. The van der Waals surface area contributed by atoms with Gasteiger partial charge in [0.2, 0.25) is 0 Å². The lowest BCUT2D eigenvalue weighted by atomic mass is 9.95. The number of carbonyl (C=O) groups excluding carboxylic acids is 2. The first-order chi connectivity index (χ1) is 19.0. The highest BCUT2D eigenvalue weighted by molar-refractivity contribution is 5.89. The zero-order valence-corrected chi connectivity index (χ0v) is 23.9. The Morgan fingerprint density at radius 3 is 2.45 bits per heavy atom. The highest BCUT2D eigenvalue weighted by atomic mass is 16.6. The third-order valence-electron chi connectivity index (χ3n) is 7.55. The van der Waals surface area contributed by atoms with E-state index < -0.39 is 17.3 Å². The SMILES string of the molecule is Cc1c(N2CCN(C(=O)OC(C)(C)C)[C@@H](C)C2)ccc2c3c(c(=O)oc12)CN(C(=O)OCc1ccccc1)CC3. The number of fused-ring (bicyclic) bond motifs is 3. The summed E-state index contributed by atoms with van der Waals surface area (Å²) in [6, 6.07) is 13.5. The van der Waals surface area contributed by atoms with Gasteiger partial charge in [-0.05, 0) is 64.3 Å². The number of rotatable bonds is 3. The number of carbonyl (C=O) groups is 2. The molecule has 40 heavy (non-hydrogen) atoms. The second kappa shape index (κ2) is 10.9. The van der Waals surface area contributed by atoms with E-state index in [1.807, 2.05) is 71.0 Å². The molecule has 9 nitrogen and oxygen atoms in total. The predicted molar refractivity (Wildman–Crippen MR) is 153 cm³/mol. The molecule has 212 valence electrons. The zero-order chi connectivity index (χ0) is 28.6. The molecule has 2 amide bonds. The maximum Gasteiger partial charge on any atom is 0.410 e. The van der Waals surface area contributed by atoms with Gasteiger partial charge in [-0.25, -0.2) is 14.4 Å². The summed E-state index contributed by atoms with van der Waals surface area (Å²) in [6.45, 7) is 12.2. The van der Waals surface area contributed by atoms with Gasteiger partial charge in [0.05, 0.1) is 12.1 Å². The summed E-state index contributed by atoms with van der Waals surface area (Å²) >= 11 is 0. The van der Waals surface area contributed by atoms with Gasteiger partial charge in [0.15, 0.2) is 0 Å². The number of hydrogen-bond donors (Lipinski definition) is 0. The van der Waals surface area contributed by atoms with Crippen molar-refractivity contribution in [3.05, 3.63) is 75.1 Å². The Bertz CT molecular complexity index is 1480. The van der Waals surface area contributed by atoms with Crippen LogP contribution in [0.2, 0.25) is 0 Å². The summed E-state index contributed by atoms with van der Waals surface area (Å²) in [6.07, 6.45) is -0.201. The number of nitrogens with zero attached hydrogens (tertiary/aromatic N) is 3. The maximum absolute atomic E-state index is 13.1. The third kappa shape index (κ3) is 5.64. The van der Waals surface area contributed by atoms with Gasteiger partial charge in [0.1, 0.15) is 17.8 Å². The molecule has 5 rings (SSSR count). The maximum atomic E-state index is 13.1. The van der Waals surface area contributed by atoms with Gasteiger partial charge in [-0.3, -0.25) is 0 Å². The number of anilines is 1. The molecular formula is C31H37N3O6. The minimum atomic E-state index is -0.543. The van der Waals surface area contributed by atoms with Crippen LogP contribution in [-0.4, -0.2) is 59.8 Å². The van der Waals surface area contributed by atoms with E-state index in [-0.39, 0.29) is 25.3 Å². The molecule has 0 unspecified atom stereocenters. The minimum Gasteiger partial charge on any atom is -0.445 e. The summed E-state index contributed by atoms with van der Waals surface area (Å²) < 4.78 is 16.9. The van der Waals surface area contributed by atoms with E-state index in [0.717, 1.165) is 27.8 Å². The summed E-state index contributed by atoms with van der Waals surface area (Å²) in [4.78, 5) is 44.1. The van der Waals surface area contributed by atoms with E-state index in [0.29, 0.717) is 43.7 Å². The topological polar surface area (TPSA) is 92.5 Å². The molecule has 3 heterocycles. The lowest BCUT2D eigenvalue weighted by Crippen LogP contribution is -2.55. The number of ether oxygens (including phenoxy) is 2. The van der Waals surface area contributed by atoms with Crippen molar-refractivity contribution in [2.75, 3.05) is 31.1 Å². The fraction of sp³-hybridized carbons (Fsp3) is 0.452. The van der Waals surface area contributed by atoms with E-state index in [1.165, 1.54) is 0 Å². The van der Waals surface area contributed by atoms with Gasteiger partial charge in [-0.2, -0.15) is 0 Å². The Balaban J connectivity index is 1.32. The van der Waals surface area contributed by atoms with Crippen molar-refractivity contribution in [1.82, 2.24) is 9.80 Å². The first kappa shape index (κ1) is 27.6. The van der Waals surface area contributed by atoms with Crippen LogP contribution in [0.25, 0.3) is 11.0 Å². The average molecular weight is 548 g/mol. The van der Waals surface area contributed by atoms with Crippen molar-refractivity contribution in [2.24, 2.45) is 0 Å². The fourth-order valence-corrected chi connectivity index (χ4v) is 5.53. The molecule has 1 fully saturated rings. The summed E-state index contributed by atoms with van der Waals surface area (Å²) in [5.74, 6) is 0. The fourth-order valence-electron chi connectivity index (χ4n) is 5.53. The molecule has 0 spiro atoms. The van der Waals surface area contributed by atoms with Crippen LogP contribution in [0.5, 0.6) is 0 Å². The smallest absolute Gasteiger partial charge is 0.410 e. The van der Waals surface area contributed by atoms with Crippen LogP contribution in [0.4, 0.5) is 15.3 Å². The molecule has 0 bridgehead atoms. The van der Waals surface area contributed by atoms with Gasteiger partial charge >= 0.3 is 17.8 Å². The monoisotopic (exact) mass is 547 g/mol. The van der Waals surface area contributed by atoms with Gasteiger partial charge in [0.25, 0.3) is 0 Å². The van der Waals surface area contributed by atoms with Gasteiger partial charge in [-0.1, -0.05) is 30.3 Å². The quantitative estimate of drug-likeness (QED) is 0.414. The van der Waals surface area contributed by atoms with E-state index in [2.05, 4.69) is 11.0 Å². The van der Waals surface area contributed by atoms with Gasteiger partial charge < -0.3 is 28.6 Å². The number of hydrogen-bond acceptors (Lipinski definition) is 7. The van der Waals surface area contributed by atoms with Gasteiger partial charge in [-0.15, -0.1) is 0 Å². The average Bonchev–Trinajstić information content (AvgIpc) is 2.91. The van der Waals surface area contributed by atoms with Crippen molar-refractivity contribution in [3.8, 4) is 0 Å². The van der Waals surface area contributed by atoms with Crippen molar-refractivity contribution in [3.63, 3.8) is 0 Å². The Hall–Kier alpha value is -4.01. The molecular weight excluding hydrogens is 510 g/mol. The Labute approximate surface area is 234 Å². The van der Waals surface area contributed by atoms with Gasteiger partial charge in [0, 0.05) is 48.9 Å². The Morgan fingerprint density at radius 1 is 1.00 bits per heavy atom. The minimum absolute atomic E-state index is 0.0399. The molecule has 2 aliphatic heterocycles. The van der Waals surface area contributed by atoms with Crippen LogP contribution >= 0.6 is 0 Å². The highest BCUT2D eigenvalue weighted by Gasteiger charge is 2.32. The van der Waals surface area contributed by atoms with Crippen molar-refractivity contribution in [1.29, 1.82) is 0 Å². The standard InChI is InChI=1S/C31H37N3O6/c1-20-17-32(15-16-34(20)30(37)40-31(3,4)5)26-12-11-24-23-13-14-33(18-25(23)28(35)39-27(24)21(26)2)29(36)38-19-22-9-7-6-8-10-22/h6-12,20H,13-19H2,1-5H3/t20-/m0/s1. The molecule has 0 N–H and O–H groups in total. The van der Waals surface area contributed by atoms with Crippen LogP contribution in [-0.2, 0) is 29.0 Å². The number of piperazine rings is 1. The molecule has 1 saturated heterocycles. The van der Waals surface area contributed by atoms with Crippen LogP contribution in [0.1, 0.15) is 49.9 Å². The van der Waals surface area contributed by atoms with Crippen LogP contribution in [0.15, 0.2) is 51.7 Å². The zero-order valence-electron chi connectivity index (χ0n) is 23.9. The number of aryl methyl sites for hydroxylation is 1. The summed E-state index contributed by atoms with van der Waals surface area (Å²) in [5, 5.41) is 0.897. The molecule has 2 aromatic carbocycles. The largest absolute Gasteiger partial charge is 0.445 e. The van der Waals surface area contributed by atoms with Crippen molar-refractivity contribution in [2.45, 2.75) is 65.8 Å². The van der Waals surface area contributed by atoms with E-state index >= 15 is 0 Å². The first-order valence-electron chi connectivity index (χ1n) is 13.8. The highest BCUT2D eigenvalue weighted by Crippen LogP contribution is 2.33.